The maximum atomic E-state index is 12.3. The van der Waals surface area contributed by atoms with Gasteiger partial charge in [-0.1, -0.05) is 13.8 Å². The summed E-state index contributed by atoms with van der Waals surface area (Å²) in [6.45, 7) is 7.97. The van der Waals surface area contributed by atoms with Crippen molar-refractivity contribution in [3.8, 4) is 0 Å². The lowest BCUT2D eigenvalue weighted by Crippen LogP contribution is -2.44. The molecule has 19 heavy (non-hydrogen) atoms. The molecule has 2 heterocycles. The minimum Gasteiger partial charge on any atom is -0.390 e. The normalized spacial score (nSPS) is 27.9. The molecule has 5 heteroatoms. The summed E-state index contributed by atoms with van der Waals surface area (Å²) in [5, 5.41) is 10.1. The molecular formula is C14H26N2O3. The molecule has 1 amide bonds. The summed E-state index contributed by atoms with van der Waals surface area (Å²) in [6.07, 6.45) is 1.49. The largest absolute Gasteiger partial charge is 0.390 e. The predicted octanol–water partition coefficient (Wildman–Crippen LogP) is 0.327. The Kier molecular flexibility index (Phi) is 5.19. The predicted molar refractivity (Wildman–Crippen MR) is 72.8 cm³/mol. The van der Waals surface area contributed by atoms with E-state index in [1.807, 2.05) is 4.90 Å². The summed E-state index contributed by atoms with van der Waals surface area (Å²) < 4.78 is 5.36. The summed E-state index contributed by atoms with van der Waals surface area (Å²) in [7, 11) is 0. The third kappa shape index (κ3) is 4.16. The molecule has 0 saturated carbocycles. The van der Waals surface area contributed by atoms with Crippen molar-refractivity contribution in [2.24, 2.45) is 5.92 Å². The van der Waals surface area contributed by atoms with Crippen LogP contribution in [-0.2, 0) is 9.53 Å². The molecule has 0 spiro atoms. The number of hydrogen-bond acceptors (Lipinski definition) is 4. The number of aliphatic hydroxyl groups excluding tert-OH is 1. The molecule has 2 saturated heterocycles. The highest BCUT2D eigenvalue weighted by Gasteiger charge is 2.31. The second-order valence-corrected chi connectivity index (χ2v) is 6.12. The Balaban J connectivity index is 1.98. The third-order valence-electron chi connectivity index (χ3n) is 3.86. The molecule has 0 aromatic carbocycles. The van der Waals surface area contributed by atoms with Gasteiger partial charge in [0.05, 0.1) is 12.6 Å². The second kappa shape index (κ2) is 6.68. The van der Waals surface area contributed by atoms with Crippen LogP contribution in [0, 0.1) is 5.92 Å². The molecule has 2 aliphatic heterocycles. The van der Waals surface area contributed by atoms with Crippen LogP contribution in [0.3, 0.4) is 0 Å². The topological polar surface area (TPSA) is 53.0 Å². The number of rotatable bonds is 3. The molecule has 0 radical (unpaired) electrons. The lowest BCUT2D eigenvalue weighted by molar-refractivity contribution is -0.132. The number of ether oxygens (including phenoxy) is 1. The Morgan fingerprint density at radius 3 is 2.63 bits per heavy atom. The summed E-state index contributed by atoms with van der Waals surface area (Å²) in [4.78, 5) is 16.3. The number of nitrogens with zero attached hydrogens (tertiary/aromatic N) is 2. The first-order valence-corrected chi connectivity index (χ1v) is 7.34. The van der Waals surface area contributed by atoms with Gasteiger partial charge in [-0.05, 0) is 18.8 Å². The van der Waals surface area contributed by atoms with E-state index in [9.17, 15) is 9.90 Å². The molecule has 1 N–H and O–H groups in total. The van der Waals surface area contributed by atoms with Crippen molar-refractivity contribution in [2.75, 3.05) is 39.4 Å². The van der Waals surface area contributed by atoms with Crippen LogP contribution in [0.15, 0.2) is 0 Å². The minimum atomic E-state index is -0.437. The fourth-order valence-corrected chi connectivity index (χ4v) is 2.97. The van der Waals surface area contributed by atoms with E-state index in [0.29, 0.717) is 31.6 Å². The van der Waals surface area contributed by atoms with Crippen LogP contribution in [0.4, 0.5) is 0 Å². The van der Waals surface area contributed by atoms with Gasteiger partial charge in [0.1, 0.15) is 0 Å². The molecule has 1 unspecified atom stereocenters. The molecule has 1 atom stereocenters. The Bertz CT molecular complexity index is 303. The second-order valence-electron chi connectivity index (χ2n) is 6.12. The zero-order valence-corrected chi connectivity index (χ0v) is 12.0. The van der Waals surface area contributed by atoms with Gasteiger partial charge in [0.15, 0.2) is 0 Å². The summed E-state index contributed by atoms with van der Waals surface area (Å²) in [5.41, 5.74) is 0. The van der Waals surface area contributed by atoms with E-state index in [4.69, 9.17) is 4.74 Å². The summed E-state index contributed by atoms with van der Waals surface area (Å²) in [5.74, 6) is 0.586. The molecule has 0 bridgehead atoms. The molecule has 0 aromatic rings. The SMILES string of the molecule is CC(C)CN1CC(O)CN(C2CCOCC2)CC1=O. The average molecular weight is 270 g/mol. The van der Waals surface area contributed by atoms with Crippen LogP contribution in [0.2, 0.25) is 0 Å². The number of amides is 1. The van der Waals surface area contributed by atoms with Gasteiger partial charge in [-0.15, -0.1) is 0 Å². The molecule has 0 aliphatic carbocycles. The molecule has 5 nitrogen and oxygen atoms in total. The summed E-state index contributed by atoms with van der Waals surface area (Å²) in [6, 6.07) is 0.381. The minimum absolute atomic E-state index is 0.150. The van der Waals surface area contributed by atoms with Crippen molar-refractivity contribution in [3.63, 3.8) is 0 Å². The van der Waals surface area contributed by atoms with Gasteiger partial charge in [0.2, 0.25) is 5.91 Å². The Morgan fingerprint density at radius 2 is 2.00 bits per heavy atom. The smallest absolute Gasteiger partial charge is 0.236 e. The fraction of sp³-hybridized carbons (Fsp3) is 0.929. The van der Waals surface area contributed by atoms with Gasteiger partial charge in [0.25, 0.3) is 0 Å². The van der Waals surface area contributed by atoms with Gasteiger partial charge >= 0.3 is 0 Å². The van der Waals surface area contributed by atoms with E-state index in [0.717, 1.165) is 32.6 Å². The molecule has 2 fully saturated rings. The van der Waals surface area contributed by atoms with Crippen LogP contribution in [-0.4, -0.2) is 72.4 Å². The van der Waals surface area contributed by atoms with Gasteiger partial charge < -0.3 is 14.7 Å². The van der Waals surface area contributed by atoms with Crippen molar-refractivity contribution in [1.29, 1.82) is 0 Å². The van der Waals surface area contributed by atoms with Crippen molar-refractivity contribution in [1.82, 2.24) is 9.80 Å². The van der Waals surface area contributed by atoms with Gasteiger partial charge in [0, 0.05) is 38.9 Å². The lowest BCUT2D eigenvalue weighted by Gasteiger charge is -2.33. The number of hydrogen-bond donors (Lipinski definition) is 1. The van der Waals surface area contributed by atoms with Crippen molar-refractivity contribution in [3.05, 3.63) is 0 Å². The Labute approximate surface area is 115 Å². The van der Waals surface area contributed by atoms with E-state index < -0.39 is 6.10 Å². The molecular weight excluding hydrogens is 244 g/mol. The van der Waals surface area contributed by atoms with Crippen molar-refractivity contribution >= 4 is 5.91 Å². The lowest BCUT2D eigenvalue weighted by atomic mass is 10.1. The first kappa shape index (κ1) is 14.8. The van der Waals surface area contributed by atoms with Gasteiger partial charge in [-0.2, -0.15) is 0 Å². The fourth-order valence-electron chi connectivity index (χ4n) is 2.97. The van der Waals surface area contributed by atoms with Crippen LogP contribution in [0.1, 0.15) is 26.7 Å². The third-order valence-corrected chi connectivity index (χ3v) is 3.86. The van der Waals surface area contributed by atoms with Gasteiger partial charge in [-0.3, -0.25) is 9.69 Å². The van der Waals surface area contributed by atoms with Crippen LogP contribution in [0.25, 0.3) is 0 Å². The number of carbonyl (C=O) groups is 1. The molecule has 2 aliphatic rings. The highest BCUT2D eigenvalue weighted by atomic mass is 16.5. The quantitative estimate of drug-likeness (QED) is 0.803. The number of aliphatic hydroxyl groups is 1. The summed E-state index contributed by atoms with van der Waals surface area (Å²) >= 11 is 0. The number of β-amino-alcohol motifs (C(OH)–C–C–N with tert-alkyl or cyclic N) is 1. The molecule has 2 rings (SSSR count). The maximum absolute atomic E-state index is 12.3. The zero-order chi connectivity index (χ0) is 13.8. The van der Waals surface area contributed by atoms with E-state index in [1.54, 1.807) is 0 Å². The zero-order valence-electron chi connectivity index (χ0n) is 12.0. The maximum Gasteiger partial charge on any atom is 0.236 e. The molecule has 0 aromatic heterocycles. The van der Waals surface area contributed by atoms with Crippen molar-refractivity contribution < 1.29 is 14.6 Å². The Morgan fingerprint density at radius 1 is 1.32 bits per heavy atom. The van der Waals surface area contributed by atoms with Crippen LogP contribution in [0.5, 0.6) is 0 Å². The highest BCUT2D eigenvalue weighted by molar-refractivity contribution is 5.78. The van der Waals surface area contributed by atoms with Crippen LogP contribution >= 0.6 is 0 Å². The number of carbonyl (C=O) groups excluding carboxylic acids is 1. The van der Waals surface area contributed by atoms with E-state index >= 15 is 0 Å². The van der Waals surface area contributed by atoms with Crippen molar-refractivity contribution in [2.45, 2.75) is 38.8 Å². The highest BCUT2D eigenvalue weighted by Crippen LogP contribution is 2.17. The Hall–Kier alpha value is -0.650. The molecule has 110 valence electrons. The standard InChI is InChI=1S/C14H26N2O3/c1-11(2)7-16-9-13(17)8-15(10-14(16)18)12-3-5-19-6-4-12/h11-13,17H,3-10H2,1-2H3. The average Bonchev–Trinajstić information content (AvgIpc) is 2.50. The van der Waals surface area contributed by atoms with E-state index in [2.05, 4.69) is 18.7 Å². The first-order valence-electron chi connectivity index (χ1n) is 7.34. The van der Waals surface area contributed by atoms with Crippen LogP contribution < -0.4 is 0 Å². The van der Waals surface area contributed by atoms with E-state index in [1.165, 1.54) is 0 Å². The first-order chi connectivity index (χ1) is 9.06. The van der Waals surface area contributed by atoms with Gasteiger partial charge in [-0.25, -0.2) is 0 Å². The monoisotopic (exact) mass is 270 g/mol. The van der Waals surface area contributed by atoms with E-state index in [-0.39, 0.29) is 5.91 Å².